The summed E-state index contributed by atoms with van der Waals surface area (Å²) in [6.07, 6.45) is 6.01. The topological polar surface area (TPSA) is 236 Å². The lowest BCUT2D eigenvalue weighted by Gasteiger charge is -2.38. The number of methoxy groups -OCH3 is 4. The maximum Gasteiger partial charge on any atom is 0.410 e. The fourth-order valence-electron chi connectivity index (χ4n) is 10.3. The molecule has 0 aliphatic carbocycles. The molecule has 7 aromatic rings. The van der Waals surface area contributed by atoms with Gasteiger partial charge in [0.1, 0.15) is 36.6 Å². The molecule has 17 nitrogen and oxygen atoms in total. The molecule has 7 aromatic carbocycles. The Kier molecular flexibility index (Phi) is 23.5. The van der Waals surface area contributed by atoms with Gasteiger partial charge in [0.25, 0.3) is 0 Å². The Morgan fingerprint density at radius 1 is 0.663 bits per heavy atom. The SMILES string of the molecule is COc1c(C)cc(C=O)cc1C.COc1cc2c(cc1OCc1ccccc1)CCN(C(=O)OC(C)(C)C)C2CS(=O)(=O)C(=N)N(N)c1ccccc1.COc1cc2c(cc1OCc1ccccc1)CCNC2/C=C/c1cc(C)c(OC)c(C)c1.N. The number of carbonyl (C=O) groups excluding carboxylic acids is 2. The minimum Gasteiger partial charge on any atom is -0.496 e. The van der Waals surface area contributed by atoms with E-state index < -0.39 is 38.5 Å². The van der Waals surface area contributed by atoms with Crippen LogP contribution < -0.4 is 50.7 Å². The molecule has 0 bridgehead atoms. The van der Waals surface area contributed by atoms with E-state index in [0.29, 0.717) is 47.9 Å². The zero-order valence-electron chi connectivity index (χ0n) is 51.2. The molecule has 0 aromatic heterocycles. The van der Waals surface area contributed by atoms with E-state index in [2.05, 4.69) is 67.7 Å². The number of amides is 1. The number of para-hydroxylation sites is 1. The predicted molar refractivity (Wildman–Crippen MR) is 340 cm³/mol. The largest absolute Gasteiger partial charge is 0.496 e. The van der Waals surface area contributed by atoms with Crippen molar-refractivity contribution >= 4 is 39.1 Å². The molecule has 2 atom stereocenters. The zero-order valence-corrected chi connectivity index (χ0v) is 52.0. The van der Waals surface area contributed by atoms with Crippen LogP contribution in [0.3, 0.4) is 0 Å². The van der Waals surface area contributed by atoms with Crippen LogP contribution in [-0.4, -0.2) is 83.7 Å². The Labute approximate surface area is 507 Å². The summed E-state index contributed by atoms with van der Waals surface area (Å²) in [4.78, 5) is 25.2. The summed E-state index contributed by atoms with van der Waals surface area (Å²) in [5, 5.41) is 12.1. The van der Waals surface area contributed by atoms with Crippen molar-refractivity contribution in [3.63, 3.8) is 0 Å². The molecule has 2 unspecified atom stereocenters. The van der Waals surface area contributed by atoms with Crippen molar-refractivity contribution in [3.8, 4) is 34.5 Å². The van der Waals surface area contributed by atoms with Crippen LogP contribution in [0.2, 0.25) is 0 Å². The lowest BCUT2D eigenvalue weighted by molar-refractivity contribution is 0.0162. The highest BCUT2D eigenvalue weighted by Crippen LogP contribution is 2.41. The minimum absolute atomic E-state index is 0. The van der Waals surface area contributed by atoms with Crippen molar-refractivity contribution in [2.24, 2.45) is 5.84 Å². The summed E-state index contributed by atoms with van der Waals surface area (Å²) >= 11 is 0. The molecule has 0 fully saturated rings. The summed E-state index contributed by atoms with van der Waals surface area (Å²) in [6.45, 7) is 15.2. The number of benzene rings is 7. The van der Waals surface area contributed by atoms with Crippen LogP contribution in [0.5, 0.6) is 34.5 Å². The van der Waals surface area contributed by atoms with Gasteiger partial charge in [0.2, 0.25) is 15.0 Å². The number of aldehydes is 1. The lowest BCUT2D eigenvalue weighted by atomic mass is 9.92. The van der Waals surface area contributed by atoms with E-state index in [9.17, 15) is 18.0 Å². The predicted octanol–water partition coefficient (Wildman–Crippen LogP) is 12.9. The van der Waals surface area contributed by atoms with Gasteiger partial charge in [-0.2, -0.15) is 0 Å². The maximum absolute atomic E-state index is 13.6. The average molecular weight is 1190 g/mol. The van der Waals surface area contributed by atoms with Crippen molar-refractivity contribution in [1.82, 2.24) is 16.4 Å². The highest BCUT2D eigenvalue weighted by molar-refractivity contribution is 8.06. The van der Waals surface area contributed by atoms with Crippen molar-refractivity contribution in [3.05, 3.63) is 212 Å². The van der Waals surface area contributed by atoms with Crippen LogP contribution >= 0.6 is 0 Å². The Morgan fingerprint density at radius 3 is 1.59 bits per heavy atom. The Bertz CT molecular complexity index is 3530. The summed E-state index contributed by atoms with van der Waals surface area (Å²) in [7, 11) is 2.28. The van der Waals surface area contributed by atoms with E-state index in [1.165, 1.54) is 28.7 Å². The van der Waals surface area contributed by atoms with Gasteiger partial charge in [-0.1, -0.05) is 91.0 Å². The van der Waals surface area contributed by atoms with Crippen LogP contribution in [-0.2, 0) is 40.6 Å². The number of hydrogen-bond donors (Lipinski definition) is 4. The summed E-state index contributed by atoms with van der Waals surface area (Å²) in [6, 6.07) is 43.2. The number of hydrazine groups is 1. The van der Waals surface area contributed by atoms with Gasteiger partial charge in [0.05, 0.1) is 52.0 Å². The quantitative estimate of drug-likeness (QED) is 0.0231. The van der Waals surface area contributed by atoms with E-state index in [-0.39, 0.29) is 18.7 Å². The van der Waals surface area contributed by atoms with Gasteiger partial charge in [-0.25, -0.2) is 19.1 Å². The number of hydrogen-bond acceptors (Lipinski definition) is 15. The van der Waals surface area contributed by atoms with E-state index in [1.807, 2.05) is 80.6 Å². The van der Waals surface area contributed by atoms with Gasteiger partial charge in [0.15, 0.2) is 23.0 Å². The third-order valence-electron chi connectivity index (χ3n) is 14.3. The highest BCUT2D eigenvalue weighted by Gasteiger charge is 2.39. The molecule has 0 saturated carbocycles. The molecule has 2 aliphatic heterocycles. The Balaban J connectivity index is 0.000000232. The molecule has 7 N–H and O–H groups in total. The summed E-state index contributed by atoms with van der Waals surface area (Å²) < 4.78 is 66.9. The molecular formula is C68H82N6O11S. The second-order valence-electron chi connectivity index (χ2n) is 21.7. The third kappa shape index (κ3) is 17.2. The smallest absolute Gasteiger partial charge is 0.410 e. The van der Waals surface area contributed by atoms with Gasteiger partial charge in [0, 0.05) is 18.7 Å². The molecule has 1 amide bonds. The molecule has 0 radical (unpaired) electrons. The van der Waals surface area contributed by atoms with Crippen molar-refractivity contribution in [2.75, 3.05) is 52.3 Å². The van der Waals surface area contributed by atoms with Gasteiger partial charge in [-0.3, -0.25) is 20.1 Å². The number of aryl methyl sites for hydroxylation is 4. The van der Waals surface area contributed by atoms with Crippen molar-refractivity contribution in [1.29, 1.82) is 5.41 Å². The number of rotatable bonds is 16. The number of nitrogens with one attached hydrogen (secondary N) is 2. The minimum atomic E-state index is -4.27. The van der Waals surface area contributed by atoms with Crippen LogP contribution in [0, 0.1) is 33.1 Å². The normalized spacial score (nSPS) is 14.3. The standard InChI is InChI=1S/C30H36N4O6S.C28H31NO3.C10H12O2.H3N/c1-30(2,3)40-29(35)33-16-15-22-17-27(39-19-21-11-7-5-8-12-21)26(38-4)18-24(22)25(33)20-41(36,37)28(31)34(32)23-13-9-6-10-14-23;1-19-14-22(15-20(2)28(19)31-4)10-11-25-24-17-26(30-3)27(16-23(24)12-13-29-25)32-18-21-8-6-5-7-9-21;1-7-4-9(6-11)5-8(2)10(7)12-3;/h5-14,17-18,25,31H,15-16,19-20,32H2,1-4H3;5-11,14-17,25,29H,12-13,18H2,1-4H3;4-6H,1-3H3;1H3/b;11-10+;;. The average Bonchev–Trinajstić information content (AvgIpc) is 1.46. The number of nitrogens with zero attached hydrogens (tertiary/aromatic N) is 2. The van der Waals surface area contributed by atoms with E-state index in [1.54, 1.807) is 78.5 Å². The first-order chi connectivity index (χ1) is 40.7. The number of carbonyl (C=O) groups is 2. The van der Waals surface area contributed by atoms with Gasteiger partial charge in [-0.15, -0.1) is 0 Å². The molecular weight excluding hydrogens is 1110 g/mol. The Hall–Kier alpha value is -8.68. The van der Waals surface area contributed by atoms with Crippen molar-refractivity contribution in [2.45, 2.75) is 92.2 Å². The molecule has 0 spiro atoms. The second kappa shape index (κ2) is 30.4. The molecule has 0 saturated heterocycles. The summed E-state index contributed by atoms with van der Waals surface area (Å²) in [5.41, 5.74) is 11.8. The summed E-state index contributed by atoms with van der Waals surface area (Å²) in [5.74, 6) is 9.73. The number of anilines is 1. The number of nitrogens with two attached hydrogens (primary N) is 1. The fraction of sp³-hybridized carbons (Fsp3) is 0.309. The van der Waals surface area contributed by atoms with E-state index in [4.69, 9.17) is 44.4 Å². The van der Waals surface area contributed by atoms with Gasteiger partial charge < -0.3 is 44.6 Å². The highest BCUT2D eigenvalue weighted by atomic mass is 32.2. The van der Waals surface area contributed by atoms with E-state index in [0.717, 1.165) is 86.2 Å². The first-order valence-corrected chi connectivity index (χ1v) is 29.7. The first kappa shape index (κ1) is 66.5. The monoisotopic (exact) mass is 1190 g/mol. The molecule has 86 heavy (non-hydrogen) atoms. The molecule has 456 valence electrons. The maximum atomic E-state index is 13.6. The van der Waals surface area contributed by atoms with E-state index >= 15 is 0 Å². The van der Waals surface area contributed by atoms with Crippen LogP contribution in [0.1, 0.15) is 104 Å². The van der Waals surface area contributed by atoms with Gasteiger partial charge in [-0.05, 0) is 183 Å². The molecule has 2 aliphatic rings. The van der Waals surface area contributed by atoms with Crippen LogP contribution in [0.4, 0.5) is 10.5 Å². The zero-order chi connectivity index (χ0) is 61.4. The fourth-order valence-corrected chi connectivity index (χ4v) is 11.7. The number of ether oxygens (including phenoxy) is 7. The van der Waals surface area contributed by atoms with Crippen LogP contribution in [0.25, 0.3) is 6.08 Å². The molecule has 9 rings (SSSR count). The van der Waals surface area contributed by atoms with Gasteiger partial charge >= 0.3 is 6.09 Å². The number of sulfone groups is 1. The first-order valence-electron chi connectivity index (χ1n) is 28.0. The number of fused-ring (bicyclic) bond motifs is 2. The van der Waals surface area contributed by atoms with Crippen LogP contribution in [0.15, 0.2) is 146 Å². The molecule has 2 heterocycles. The molecule has 18 heteroatoms. The van der Waals surface area contributed by atoms with Crippen molar-refractivity contribution < 1.29 is 51.2 Å². The Morgan fingerprint density at radius 2 is 1.13 bits per heavy atom. The third-order valence-corrected chi connectivity index (χ3v) is 15.9. The number of amidine groups is 1. The lowest BCUT2D eigenvalue weighted by Crippen LogP contribution is -2.48. The second-order valence-corrected chi connectivity index (χ2v) is 23.7.